The molecule has 3 aromatic carbocycles. The molecular weight excluding hydrogens is 498 g/mol. The van der Waals surface area contributed by atoms with Gasteiger partial charge in [0, 0.05) is 29.9 Å². The van der Waals surface area contributed by atoms with Gasteiger partial charge in [0.1, 0.15) is 0 Å². The highest BCUT2D eigenvalue weighted by Crippen LogP contribution is 2.24. The van der Waals surface area contributed by atoms with Gasteiger partial charge in [-0.25, -0.2) is 8.42 Å². The maximum absolute atomic E-state index is 12.7. The van der Waals surface area contributed by atoms with Crippen LogP contribution in [0.5, 0.6) is 0 Å². The Bertz CT molecular complexity index is 1410. The fourth-order valence-electron chi connectivity index (χ4n) is 3.97. The zero-order valence-electron chi connectivity index (χ0n) is 23.0. The van der Waals surface area contributed by atoms with Crippen LogP contribution in [-0.2, 0) is 20.2 Å². The topological polar surface area (TPSA) is 95.6 Å². The van der Waals surface area contributed by atoms with Crippen molar-refractivity contribution in [3.05, 3.63) is 89.0 Å². The molecule has 0 bridgehead atoms. The van der Waals surface area contributed by atoms with E-state index in [4.69, 9.17) is 0 Å². The summed E-state index contributed by atoms with van der Waals surface area (Å²) in [6, 6.07) is 20.0. The molecule has 0 fully saturated rings. The highest BCUT2D eigenvalue weighted by molar-refractivity contribution is 7.92. The van der Waals surface area contributed by atoms with Gasteiger partial charge < -0.3 is 10.6 Å². The Labute approximate surface area is 226 Å². The van der Waals surface area contributed by atoms with Gasteiger partial charge in [-0.1, -0.05) is 45.0 Å². The summed E-state index contributed by atoms with van der Waals surface area (Å²) in [5, 5.41) is 5.70. The van der Waals surface area contributed by atoms with Gasteiger partial charge in [0.2, 0.25) is 15.9 Å². The third-order valence-electron chi connectivity index (χ3n) is 6.36. The standard InChI is InChI=1S/C30H37N3O4S/c1-21-12-17-27(19-22(21)2)33(38(6,36)37)18-8-11-28(34)31-25-9-7-10-26(20-25)32-29(35)23-13-15-24(16-14-23)30(3,4)5/h7,9-10,12-17,19-20H,8,11,18H2,1-6H3,(H,31,34)(H,32,35). The van der Waals surface area contributed by atoms with Crippen LogP contribution in [0.1, 0.15) is 60.7 Å². The summed E-state index contributed by atoms with van der Waals surface area (Å²) in [7, 11) is -3.49. The molecule has 0 heterocycles. The Morgan fingerprint density at radius 3 is 2.05 bits per heavy atom. The average Bonchev–Trinajstić information content (AvgIpc) is 2.83. The van der Waals surface area contributed by atoms with Crippen LogP contribution in [0.25, 0.3) is 0 Å². The summed E-state index contributed by atoms with van der Waals surface area (Å²) >= 11 is 0. The van der Waals surface area contributed by atoms with Crippen LogP contribution >= 0.6 is 0 Å². The SMILES string of the molecule is Cc1ccc(N(CCCC(=O)Nc2cccc(NC(=O)c3ccc(C(C)(C)C)cc3)c2)S(C)(=O)=O)cc1C. The number of carbonyl (C=O) groups is 2. The first-order valence-electron chi connectivity index (χ1n) is 12.6. The number of carbonyl (C=O) groups excluding carboxylic acids is 2. The van der Waals surface area contributed by atoms with Gasteiger partial charge in [0.15, 0.2) is 0 Å². The molecule has 0 saturated carbocycles. The summed E-state index contributed by atoms with van der Waals surface area (Å²) in [4.78, 5) is 25.3. The molecule has 38 heavy (non-hydrogen) atoms. The van der Waals surface area contributed by atoms with Gasteiger partial charge in [-0.05, 0) is 84.8 Å². The number of anilines is 3. The van der Waals surface area contributed by atoms with Gasteiger partial charge in [0.25, 0.3) is 5.91 Å². The lowest BCUT2D eigenvalue weighted by Gasteiger charge is -2.23. The third kappa shape index (κ3) is 7.92. The number of sulfonamides is 1. The Morgan fingerprint density at radius 1 is 0.842 bits per heavy atom. The molecule has 0 aliphatic carbocycles. The molecule has 202 valence electrons. The monoisotopic (exact) mass is 535 g/mol. The maximum atomic E-state index is 12.7. The van der Waals surface area contributed by atoms with E-state index in [1.807, 2.05) is 38.1 Å². The first-order chi connectivity index (χ1) is 17.7. The van der Waals surface area contributed by atoms with Crippen molar-refractivity contribution in [1.29, 1.82) is 0 Å². The Kier molecular flexibility index (Phi) is 8.99. The number of hydrogen-bond donors (Lipinski definition) is 2. The third-order valence-corrected chi connectivity index (χ3v) is 7.56. The Hall–Kier alpha value is -3.65. The number of benzene rings is 3. The predicted octanol–water partition coefficient (Wildman–Crippen LogP) is 6.04. The van der Waals surface area contributed by atoms with E-state index in [2.05, 4.69) is 31.4 Å². The van der Waals surface area contributed by atoms with Crippen LogP contribution in [0.15, 0.2) is 66.7 Å². The summed E-state index contributed by atoms with van der Waals surface area (Å²) in [5.74, 6) is -0.471. The van der Waals surface area contributed by atoms with Gasteiger partial charge >= 0.3 is 0 Å². The van der Waals surface area contributed by atoms with Crippen LogP contribution in [0.3, 0.4) is 0 Å². The molecule has 0 spiro atoms. The molecule has 2 N–H and O–H groups in total. The zero-order valence-corrected chi connectivity index (χ0v) is 23.8. The highest BCUT2D eigenvalue weighted by Gasteiger charge is 2.18. The van der Waals surface area contributed by atoms with E-state index >= 15 is 0 Å². The van der Waals surface area contributed by atoms with E-state index in [0.717, 1.165) is 16.7 Å². The summed E-state index contributed by atoms with van der Waals surface area (Å²) in [6.07, 6.45) is 1.67. The van der Waals surface area contributed by atoms with E-state index in [9.17, 15) is 18.0 Å². The molecule has 0 atom stereocenters. The number of rotatable bonds is 9. The molecule has 0 saturated heterocycles. The quantitative estimate of drug-likeness (QED) is 0.349. The molecule has 0 radical (unpaired) electrons. The minimum absolute atomic E-state index is 0.00431. The number of amides is 2. The molecule has 2 amide bonds. The average molecular weight is 536 g/mol. The van der Waals surface area contributed by atoms with Crippen LogP contribution in [-0.4, -0.2) is 33.0 Å². The Balaban J connectivity index is 1.57. The van der Waals surface area contributed by atoms with Crippen molar-refractivity contribution < 1.29 is 18.0 Å². The second-order valence-electron chi connectivity index (χ2n) is 10.6. The molecule has 0 aliphatic rings. The van der Waals surface area contributed by atoms with Crippen molar-refractivity contribution >= 4 is 38.9 Å². The molecule has 3 aromatic rings. The second-order valence-corrected chi connectivity index (χ2v) is 12.5. The lowest BCUT2D eigenvalue weighted by molar-refractivity contribution is -0.116. The highest BCUT2D eigenvalue weighted by atomic mass is 32.2. The summed E-state index contributed by atoms with van der Waals surface area (Å²) in [6.45, 7) is 10.5. The van der Waals surface area contributed by atoms with Gasteiger partial charge in [-0.3, -0.25) is 13.9 Å². The normalized spacial score (nSPS) is 11.6. The van der Waals surface area contributed by atoms with E-state index in [-0.39, 0.29) is 30.2 Å². The molecule has 7 nitrogen and oxygen atoms in total. The number of nitrogens with zero attached hydrogens (tertiary/aromatic N) is 1. The second kappa shape index (κ2) is 11.8. The predicted molar refractivity (Wildman–Crippen MR) is 156 cm³/mol. The maximum Gasteiger partial charge on any atom is 0.255 e. The van der Waals surface area contributed by atoms with Crippen molar-refractivity contribution in [1.82, 2.24) is 0 Å². The Morgan fingerprint density at radius 2 is 1.47 bits per heavy atom. The van der Waals surface area contributed by atoms with Crippen molar-refractivity contribution in [3.63, 3.8) is 0 Å². The zero-order chi connectivity index (χ0) is 28.1. The summed E-state index contributed by atoms with van der Waals surface area (Å²) < 4.78 is 26.1. The molecule has 8 heteroatoms. The summed E-state index contributed by atoms with van der Waals surface area (Å²) in [5.41, 5.74) is 5.48. The van der Waals surface area contributed by atoms with Crippen LogP contribution in [0.4, 0.5) is 17.1 Å². The number of hydrogen-bond acceptors (Lipinski definition) is 4. The van der Waals surface area contributed by atoms with Crippen molar-refractivity contribution in [3.8, 4) is 0 Å². The van der Waals surface area contributed by atoms with Crippen molar-refractivity contribution in [2.75, 3.05) is 27.7 Å². The lowest BCUT2D eigenvalue weighted by atomic mass is 9.87. The van der Waals surface area contributed by atoms with Crippen LogP contribution in [0.2, 0.25) is 0 Å². The van der Waals surface area contributed by atoms with E-state index in [1.165, 1.54) is 10.6 Å². The fraction of sp³-hybridized carbons (Fsp3) is 0.333. The van der Waals surface area contributed by atoms with Crippen LogP contribution < -0.4 is 14.9 Å². The van der Waals surface area contributed by atoms with Gasteiger partial charge in [0.05, 0.1) is 11.9 Å². The lowest BCUT2D eigenvalue weighted by Crippen LogP contribution is -2.31. The fourth-order valence-corrected chi connectivity index (χ4v) is 4.93. The van der Waals surface area contributed by atoms with E-state index < -0.39 is 10.0 Å². The van der Waals surface area contributed by atoms with Gasteiger partial charge in [-0.15, -0.1) is 0 Å². The number of nitrogens with one attached hydrogen (secondary N) is 2. The first kappa shape index (κ1) is 28.9. The first-order valence-corrected chi connectivity index (χ1v) is 14.5. The molecular formula is C30H37N3O4S. The largest absolute Gasteiger partial charge is 0.326 e. The molecule has 0 unspecified atom stereocenters. The molecule has 3 rings (SSSR count). The molecule has 0 aliphatic heterocycles. The van der Waals surface area contributed by atoms with Crippen molar-refractivity contribution in [2.24, 2.45) is 0 Å². The van der Waals surface area contributed by atoms with Gasteiger partial charge in [-0.2, -0.15) is 0 Å². The molecule has 0 aromatic heterocycles. The van der Waals surface area contributed by atoms with E-state index in [1.54, 1.807) is 42.5 Å². The minimum atomic E-state index is -3.49. The van der Waals surface area contributed by atoms with Crippen LogP contribution in [0, 0.1) is 13.8 Å². The van der Waals surface area contributed by atoms with E-state index in [0.29, 0.717) is 29.0 Å². The van der Waals surface area contributed by atoms with Crippen molar-refractivity contribution in [2.45, 2.75) is 52.9 Å². The smallest absolute Gasteiger partial charge is 0.255 e. The number of aryl methyl sites for hydroxylation is 2. The minimum Gasteiger partial charge on any atom is -0.326 e.